The average molecular weight is 404 g/mol. The number of rotatable bonds is 2. The van der Waals surface area contributed by atoms with Crippen molar-refractivity contribution < 1.29 is 4.79 Å². The van der Waals surface area contributed by atoms with Crippen molar-refractivity contribution in [1.82, 2.24) is 0 Å². The Morgan fingerprint density at radius 1 is 1.16 bits per heavy atom. The molecule has 3 nitrogen and oxygen atoms in total. The number of nitrogens with two attached hydrogens (primary N) is 1. The topological polar surface area (TPSA) is 55.1 Å². The van der Waals surface area contributed by atoms with Gasteiger partial charge in [-0.15, -0.1) is 0 Å². The fourth-order valence-corrected chi connectivity index (χ4v) is 2.88. The first-order valence-electron chi connectivity index (χ1n) is 5.29. The van der Waals surface area contributed by atoms with E-state index in [1.54, 1.807) is 30.3 Å². The largest absolute Gasteiger partial charge is 0.398 e. The van der Waals surface area contributed by atoms with Crippen LogP contribution in [0, 0.1) is 0 Å². The molecule has 2 aromatic rings. The Bertz CT molecular complexity index is 647. The van der Waals surface area contributed by atoms with E-state index in [9.17, 15) is 4.79 Å². The number of benzene rings is 2. The molecule has 0 aliphatic heterocycles. The van der Waals surface area contributed by atoms with Gasteiger partial charge in [-0.1, -0.05) is 27.5 Å². The lowest BCUT2D eigenvalue weighted by Crippen LogP contribution is -2.12. The molecule has 0 atom stereocenters. The maximum Gasteiger partial charge on any atom is 0.256 e. The number of nitrogen functional groups attached to an aromatic ring is 1. The van der Waals surface area contributed by atoms with Crippen LogP contribution in [0.5, 0.6) is 0 Å². The van der Waals surface area contributed by atoms with E-state index in [2.05, 4.69) is 37.2 Å². The van der Waals surface area contributed by atoms with Gasteiger partial charge in [-0.05, 0) is 52.3 Å². The predicted octanol–water partition coefficient (Wildman–Crippen LogP) is 4.70. The minimum Gasteiger partial charge on any atom is -0.398 e. The van der Waals surface area contributed by atoms with Gasteiger partial charge in [0.1, 0.15) is 0 Å². The van der Waals surface area contributed by atoms with Gasteiger partial charge >= 0.3 is 0 Å². The highest BCUT2D eigenvalue weighted by Gasteiger charge is 2.11. The van der Waals surface area contributed by atoms with Gasteiger partial charge < -0.3 is 11.1 Å². The molecule has 0 aliphatic carbocycles. The number of hydrogen-bond acceptors (Lipinski definition) is 2. The maximum atomic E-state index is 12.1. The Balaban J connectivity index is 2.23. The van der Waals surface area contributed by atoms with Crippen LogP contribution in [-0.4, -0.2) is 5.91 Å². The second kappa shape index (κ2) is 5.94. The molecular formula is C13H9Br2ClN2O. The minimum absolute atomic E-state index is 0.222. The summed E-state index contributed by atoms with van der Waals surface area (Å²) >= 11 is 12.6. The highest BCUT2D eigenvalue weighted by atomic mass is 79.9. The molecular weight excluding hydrogens is 395 g/mol. The first-order chi connectivity index (χ1) is 8.97. The standard InChI is InChI=1S/C13H9Br2ClN2O/c14-7-1-3-9(10(15)5-7)13(19)18-8-2-4-12(17)11(16)6-8/h1-6H,17H2,(H,18,19). The zero-order valence-electron chi connectivity index (χ0n) is 9.58. The summed E-state index contributed by atoms with van der Waals surface area (Å²) in [5.74, 6) is -0.222. The zero-order valence-corrected chi connectivity index (χ0v) is 13.5. The lowest BCUT2D eigenvalue weighted by molar-refractivity contribution is 0.102. The summed E-state index contributed by atoms with van der Waals surface area (Å²) in [6.45, 7) is 0. The number of halogens is 3. The van der Waals surface area contributed by atoms with Crippen LogP contribution in [-0.2, 0) is 0 Å². The smallest absolute Gasteiger partial charge is 0.256 e. The lowest BCUT2D eigenvalue weighted by atomic mass is 10.2. The van der Waals surface area contributed by atoms with E-state index >= 15 is 0 Å². The second-order valence-electron chi connectivity index (χ2n) is 3.81. The first kappa shape index (κ1) is 14.4. The van der Waals surface area contributed by atoms with Gasteiger partial charge in [-0.2, -0.15) is 0 Å². The Hall–Kier alpha value is -1.04. The van der Waals surface area contributed by atoms with Crippen LogP contribution in [0.25, 0.3) is 0 Å². The molecule has 0 fully saturated rings. The molecule has 0 aromatic heterocycles. The molecule has 0 bridgehead atoms. The molecule has 0 radical (unpaired) electrons. The molecule has 6 heteroatoms. The fraction of sp³-hybridized carbons (Fsp3) is 0. The van der Waals surface area contributed by atoms with Crippen molar-refractivity contribution in [3.8, 4) is 0 Å². The second-order valence-corrected chi connectivity index (χ2v) is 5.99. The molecule has 19 heavy (non-hydrogen) atoms. The highest BCUT2D eigenvalue weighted by molar-refractivity contribution is 9.11. The van der Waals surface area contributed by atoms with Gasteiger partial charge in [-0.3, -0.25) is 4.79 Å². The highest BCUT2D eigenvalue weighted by Crippen LogP contribution is 2.25. The lowest BCUT2D eigenvalue weighted by Gasteiger charge is -2.08. The molecule has 98 valence electrons. The van der Waals surface area contributed by atoms with E-state index in [-0.39, 0.29) is 5.91 Å². The molecule has 1 amide bonds. The summed E-state index contributed by atoms with van der Waals surface area (Å²) in [6.07, 6.45) is 0. The summed E-state index contributed by atoms with van der Waals surface area (Å²) in [5, 5.41) is 3.17. The fourth-order valence-electron chi connectivity index (χ4n) is 1.48. The Kier molecular flexibility index (Phi) is 4.50. The third-order valence-corrected chi connectivity index (χ3v) is 3.91. The number of nitrogens with one attached hydrogen (secondary N) is 1. The van der Waals surface area contributed by atoms with Gasteiger partial charge in [0.25, 0.3) is 5.91 Å². The van der Waals surface area contributed by atoms with Crippen LogP contribution in [0.15, 0.2) is 45.3 Å². The summed E-state index contributed by atoms with van der Waals surface area (Å²) in [5.41, 5.74) is 7.22. The van der Waals surface area contributed by atoms with Crippen LogP contribution >= 0.6 is 43.5 Å². The number of hydrogen-bond donors (Lipinski definition) is 2. The van der Waals surface area contributed by atoms with Crippen LogP contribution in [0.4, 0.5) is 11.4 Å². The summed E-state index contributed by atoms with van der Waals surface area (Å²) in [7, 11) is 0. The van der Waals surface area contributed by atoms with Crippen LogP contribution in [0.2, 0.25) is 5.02 Å². The maximum absolute atomic E-state index is 12.1. The molecule has 3 N–H and O–H groups in total. The molecule has 0 unspecified atom stereocenters. The molecule has 0 heterocycles. The van der Waals surface area contributed by atoms with E-state index in [4.69, 9.17) is 17.3 Å². The van der Waals surface area contributed by atoms with E-state index in [0.717, 1.165) is 4.47 Å². The zero-order chi connectivity index (χ0) is 14.0. The normalized spacial score (nSPS) is 10.3. The van der Waals surface area contributed by atoms with Crippen molar-refractivity contribution in [2.45, 2.75) is 0 Å². The SMILES string of the molecule is Nc1ccc(NC(=O)c2ccc(Br)cc2Br)cc1Cl. The predicted molar refractivity (Wildman–Crippen MR) is 85.7 cm³/mol. The number of carbonyl (C=O) groups excluding carboxylic acids is 1. The molecule has 2 rings (SSSR count). The van der Waals surface area contributed by atoms with E-state index in [1.807, 2.05) is 6.07 Å². The third-order valence-electron chi connectivity index (χ3n) is 2.43. The van der Waals surface area contributed by atoms with Crippen molar-refractivity contribution in [1.29, 1.82) is 0 Å². The molecule has 0 saturated carbocycles. The van der Waals surface area contributed by atoms with Gasteiger partial charge in [0, 0.05) is 14.6 Å². The van der Waals surface area contributed by atoms with Gasteiger partial charge in [0.05, 0.1) is 16.3 Å². The monoisotopic (exact) mass is 402 g/mol. The van der Waals surface area contributed by atoms with Crippen molar-refractivity contribution in [2.75, 3.05) is 11.1 Å². The van der Waals surface area contributed by atoms with Gasteiger partial charge in [0.2, 0.25) is 0 Å². The van der Waals surface area contributed by atoms with Crippen LogP contribution in [0.1, 0.15) is 10.4 Å². The Morgan fingerprint density at radius 3 is 2.53 bits per heavy atom. The molecule has 2 aromatic carbocycles. The molecule has 0 spiro atoms. The van der Waals surface area contributed by atoms with Crippen molar-refractivity contribution in [2.24, 2.45) is 0 Å². The van der Waals surface area contributed by atoms with Crippen LogP contribution in [0.3, 0.4) is 0 Å². The van der Waals surface area contributed by atoms with E-state index < -0.39 is 0 Å². The third kappa shape index (κ3) is 3.49. The van der Waals surface area contributed by atoms with Gasteiger partial charge in [0.15, 0.2) is 0 Å². The quantitative estimate of drug-likeness (QED) is 0.713. The Morgan fingerprint density at radius 2 is 1.89 bits per heavy atom. The Labute approximate surface area is 132 Å². The molecule has 0 aliphatic rings. The number of anilines is 2. The van der Waals surface area contributed by atoms with Crippen molar-refractivity contribution in [3.63, 3.8) is 0 Å². The number of amides is 1. The minimum atomic E-state index is -0.222. The number of carbonyl (C=O) groups is 1. The molecule has 0 saturated heterocycles. The van der Waals surface area contributed by atoms with Crippen molar-refractivity contribution >= 4 is 60.7 Å². The van der Waals surface area contributed by atoms with E-state index in [1.165, 1.54) is 0 Å². The average Bonchev–Trinajstić information content (AvgIpc) is 2.33. The summed E-state index contributed by atoms with van der Waals surface area (Å²) < 4.78 is 1.60. The first-order valence-corrected chi connectivity index (χ1v) is 7.25. The summed E-state index contributed by atoms with van der Waals surface area (Å²) in [4.78, 5) is 12.1. The van der Waals surface area contributed by atoms with Crippen LogP contribution < -0.4 is 11.1 Å². The van der Waals surface area contributed by atoms with Gasteiger partial charge in [-0.25, -0.2) is 0 Å². The summed E-state index contributed by atoms with van der Waals surface area (Å²) in [6, 6.07) is 10.3. The van der Waals surface area contributed by atoms with E-state index in [0.29, 0.717) is 26.4 Å². The van der Waals surface area contributed by atoms with Crippen molar-refractivity contribution in [3.05, 3.63) is 55.9 Å².